The maximum Gasteiger partial charge on any atom is 0.301 e. The Morgan fingerprint density at radius 1 is 1.00 bits per heavy atom. The zero-order valence-corrected chi connectivity index (χ0v) is 21.8. The summed E-state index contributed by atoms with van der Waals surface area (Å²) in [4.78, 5) is 32.2. The van der Waals surface area contributed by atoms with Gasteiger partial charge in [0, 0.05) is 17.1 Å². The summed E-state index contributed by atoms with van der Waals surface area (Å²) in [6, 6.07) is 21.3. The third-order valence-electron chi connectivity index (χ3n) is 6.22. The van der Waals surface area contributed by atoms with Gasteiger partial charge in [0.1, 0.15) is 12.4 Å². The predicted octanol–water partition coefficient (Wildman–Crippen LogP) is 6.06. The summed E-state index contributed by atoms with van der Waals surface area (Å²) >= 11 is 1.24. The molecule has 3 aromatic carbocycles. The summed E-state index contributed by atoms with van der Waals surface area (Å²) in [7, 11) is 0. The van der Waals surface area contributed by atoms with E-state index >= 15 is 0 Å². The minimum absolute atomic E-state index is 0.00513. The van der Waals surface area contributed by atoms with Crippen molar-refractivity contribution in [3.8, 4) is 11.5 Å². The lowest BCUT2D eigenvalue weighted by Crippen LogP contribution is -2.29. The van der Waals surface area contributed by atoms with E-state index in [1.807, 2.05) is 56.3 Å². The van der Waals surface area contributed by atoms with Crippen molar-refractivity contribution in [3.63, 3.8) is 0 Å². The first-order valence-corrected chi connectivity index (χ1v) is 13.1. The van der Waals surface area contributed by atoms with Crippen LogP contribution in [0.25, 0.3) is 5.76 Å². The molecule has 192 valence electrons. The molecule has 1 saturated heterocycles. The number of ketones is 1. The molecule has 0 saturated carbocycles. The molecule has 7 nitrogen and oxygen atoms in total. The maximum atomic E-state index is 13.3. The van der Waals surface area contributed by atoms with Gasteiger partial charge in [0.15, 0.2) is 16.6 Å². The highest BCUT2D eigenvalue weighted by atomic mass is 32.1. The maximum absolute atomic E-state index is 13.3. The van der Waals surface area contributed by atoms with E-state index in [2.05, 4.69) is 4.98 Å². The van der Waals surface area contributed by atoms with E-state index in [1.165, 1.54) is 16.2 Å². The average molecular weight is 527 g/mol. The molecule has 0 bridgehead atoms. The number of nitrogens with zero attached hydrogens (tertiary/aromatic N) is 2. The van der Waals surface area contributed by atoms with Crippen LogP contribution < -0.4 is 14.4 Å². The number of carbonyl (C=O) groups excluding carboxylic acids is 2. The lowest BCUT2D eigenvalue weighted by Gasteiger charge is -2.24. The summed E-state index contributed by atoms with van der Waals surface area (Å²) < 4.78 is 11.9. The van der Waals surface area contributed by atoms with Crippen LogP contribution >= 0.6 is 11.3 Å². The molecular formula is C30H26N2O5S. The van der Waals surface area contributed by atoms with Gasteiger partial charge in [-0.3, -0.25) is 14.5 Å². The number of Topliss-reactive ketones (excluding diaryl/α,β-unsaturated/α-hetero) is 1. The fourth-order valence-electron chi connectivity index (χ4n) is 4.36. The highest BCUT2D eigenvalue weighted by Crippen LogP contribution is 2.44. The Hall–Kier alpha value is -4.43. The van der Waals surface area contributed by atoms with Crippen LogP contribution in [0.15, 0.2) is 89.9 Å². The summed E-state index contributed by atoms with van der Waals surface area (Å²) in [5, 5.41) is 13.4. The summed E-state index contributed by atoms with van der Waals surface area (Å²) in [5.74, 6) is -0.758. The van der Waals surface area contributed by atoms with Crippen molar-refractivity contribution in [2.75, 3.05) is 11.5 Å². The number of thiazole rings is 1. The van der Waals surface area contributed by atoms with E-state index in [4.69, 9.17) is 9.47 Å². The molecule has 5 rings (SSSR count). The highest BCUT2D eigenvalue weighted by molar-refractivity contribution is 7.14. The van der Waals surface area contributed by atoms with Crippen molar-refractivity contribution in [1.82, 2.24) is 4.98 Å². The zero-order chi connectivity index (χ0) is 26.6. The number of benzene rings is 3. The van der Waals surface area contributed by atoms with Crippen LogP contribution in [-0.4, -0.2) is 28.4 Å². The molecule has 1 atom stereocenters. The van der Waals surface area contributed by atoms with Gasteiger partial charge in [0.25, 0.3) is 5.78 Å². The van der Waals surface area contributed by atoms with Gasteiger partial charge in [-0.15, -0.1) is 11.3 Å². The molecule has 1 amide bonds. The number of aromatic nitrogens is 1. The second-order valence-corrected chi connectivity index (χ2v) is 9.64. The van der Waals surface area contributed by atoms with E-state index in [0.29, 0.717) is 41.0 Å². The van der Waals surface area contributed by atoms with Gasteiger partial charge in [0.2, 0.25) is 0 Å². The van der Waals surface area contributed by atoms with Gasteiger partial charge >= 0.3 is 5.91 Å². The molecule has 2 heterocycles. The van der Waals surface area contributed by atoms with Crippen LogP contribution in [0.5, 0.6) is 11.5 Å². The monoisotopic (exact) mass is 526 g/mol. The van der Waals surface area contributed by atoms with Crippen molar-refractivity contribution >= 4 is 33.9 Å². The van der Waals surface area contributed by atoms with E-state index in [1.54, 1.807) is 41.9 Å². The zero-order valence-electron chi connectivity index (χ0n) is 21.0. The quantitative estimate of drug-likeness (QED) is 0.171. The van der Waals surface area contributed by atoms with Crippen molar-refractivity contribution < 1.29 is 24.2 Å². The number of hydrogen-bond donors (Lipinski definition) is 1. The summed E-state index contributed by atoms with van der Waals surface area (Å²) in [5.41, 5.74) is 3.05. The average Bonchev–Trinajstić information content (AvgIpc) is 3.55. The fraction of sp³-hybridized carbons (Fsp3) is 0.167. The first-order chi connectivity index (χ1) is 18.5. The molecule has 8 heteroatoms. The Morgan fingerprint density at radius 2 is 1.76 bits per heavy atom. The molecule has 1 aromatic heterocycles. The van der Waals surface area contributed by atoms with Gasteiger partial charge < -0.3 is 14.6 Å². The van der Waals surface area contributed by atoms with Crippen molar-refractivity contribution in [3.05, 3.63) is 112 Å². The first-order valence-electron chi connectivity index (χ1n) is 12.2. The van der Waals surface area contributed by atoms with E-state index in [0.717, 1.165) is 11.1 Å². The number of carbonyl (C=O) groups is 2. The van der Waals surface area contributed by atoms with Crippen LogP contribution in [0.4, 0.5) is 5.13 Å². The normalized spacial score (nSPS) is 16.6. The van der Waals surface area contributed by atoms with E-state index in [-0.39, 0.29) is 11.3 Å². The van der Waals surface area contributed by atoms with Gasteiger partial charge in [-0.2, -0.15) is 0 Å². The number of rotatable bonds is 8. The predicted molar refractivity (Wildman–Crippen MR) is 146 cm³/mol. The number of aliphatic hydroxyl groups excluding tert-OH is 1. The summed E-state index contributed by atoms with van der Waals surface area (Å²) in [6.07, 6.45) is 1.57. The van der Waals surface area contributed by atoms with Gasteiger partial charge in [0.05, 0.1) is 18.2 Å². The Kier molecular flexibility index (Phi) is 7.24. The lowest BCUT2D eigenvalue weighted by atomic mass is 9.95. The summed E-state index contributed by atoms with van der Waals surface area (Å²) in [6.45, 7) is 4.54. The SMILES string of the molecule is CCOc1cc(C2C(=C(O)c3ccc(C)cc3)C(=O)C(=O)N2c2nccs2)ccc1OCc1ccccc1. The molecule has 1 aliphatic heterocycles. The Bertz CT molecular complexity index is 1480. The molecule has 1 N–H and O–H groups in total. The minimum atomic E-state index is -0.898. The smallest absolute Gasteiger partial charge is 0.301 e. The van der Waals surface area contributed by atoms with Crippen LogP contribution in [0.3, 0.4) is 0 Å². The topological polar surface area (TPSA) is 89.0 Å². The second kappa shape index (κ2) is 10.9. The molecule has 0 aliphatic carbocycles. The number of aryl methyl sites for hydroxylation is 1. The third-order valence-corrected chi connectivity index (χ3v) is 6.99. The highest BCUT2D eigenvalue weighted by Gasteiger charge is 2.48. The van der Waals surface area contributed by atoms with Crippen LogP contribution in [0, 0.1) is 6.92 Å². The van der Waals surface area contributed by atoms with Gasteiger partial charge in [-0.05, 0) is 37.1 Å². The number of ether oxygens (including phenoxy) is 2. The molecular weight excluding hydrogens is 500 g/mol. The standard InChI is InChI=1S/C30H26N2O5S/c1-3-36-24-17-22(13-14-23(24)37-18-20-7-5-4-6-8-20)26-25(27(33)21-11-9-19(2)10-12-21)28(34)29(35)32(26)30-31-15-16-38-30/h4-17,26,33H,3,18H2,1-2H3. The molecule has 38 heavy (non-hydrogen) atoms. The third kappa shape index (κ3) is 4.90. The van der Waals surface area contributed by atoms with E-state index < -0.39 is 17.7 Å². The number of amides is 1. The Labute approximate surface area is 224 Å². The van der Waals surface area contributed by atoms with Gasteiger partial charge in [-0.1, -0.05) is 66.2 Å². The lowest BCUT2D eigenvalue weighted by molar-refractivity contribution is -0.132. The Morgan fingerprint density at radius 3 is 2.45 bits per heavy atom. The van der Waals surface area contributed by atoms with Crippen molar-refractivity contribution in [1.29, 1.82) is 0 Å². The second-order valence-electron chi connectivity index (χ2n) is 8.76. The molecule has 4 aromatic rings. The fourth-order valence-corrected chi connectivity index (χ4v) is 5.03. The van der Waals surface area contributed by atoms with Crippen molar-refractivity contribution in [2.24, 2.45) is 0 Å². The molecule has 0 radical (unpaired) electrons. The van der Waals surface area contributed by atoms with Crippen LogP contribution in [0.1, 0.15) is 35.2 Å². The number of hydrogen-bond acceptors (Lipinski definition) is 7. The number of anilines is 1. The molecule has 1 aliphatic rings. The van der Waals surface area contributed by atoms with Gasteiger partial charge in [-0.25, -0.2) is 4.98 Å². The largest absolute Gasteiger partial charge is 0.507 e. The van der Waals surface area contributed by atoms with Crippen molar-refractivity contribution in [2.45, 2.75) is 26.5 Å². The van der Waals surface area contributed by atoms with Crippen LogP contribution in [0.2, 0.25) is 0 Å². The minimum Gasteiger partial charge on any atom is -0.507 e. The molecule has 0 spiro atoms. The number of aliphatic hydroxyl groups is 1. The molecule has 1 fully saturated rings. The first kappa shape index (κ1) is 25.2. The Balaban J connectivity index is 1.60. The van der Waals surface area contributed by atoms with E-state index in [9.17, 15) is 14.7 Å². The van der Waals surface area contributed by atoms with Crippen LogP contribution in [-0.2, 0) is 16.2 Å². The molecule has 1 unspecified atom stereocenters.